The highest BCUT2D eigenvalue weighted by atomic mass is 16.1. The minimum atomic E-state index is 0.293. The highest BCUT2D eigenvalue weighted by molar-refractivity contribution is 5.79. The maximum atomic E-state index is 12.2. The molecule has 0 atom stereocenters. The van der Waals surface area contributed by atoms with Gasteiger partial charge in [0.15, 0.2) is 0 Å². The van der Waals surface area contributed by atoms with E-state index in [0.717, 1.165) is 48.4 Å². The van der Waals surface area contributed by atoms with E-state index in [-0.39, 0.29) is 0 Å². The van der Waals surface area contributed by atoms with Crippen LogP contribution in [0.5, 0.6) is 0 Å². The molecule has 0 aliphatic heterocycles. The average molecular weight is 344 g/mol. The van der Waals surface area contributed by atoms with Gasteiger partial charge in [0, 0.05) is 37.1 Å². The lowest BCUT2D eigenvalue weighted by atomic mass is 9.93. The van der Waals surface area contributed by atoms with E-state index >= 15 is 0 Å². The molecule has 4 nitrogen and oxygen atoms in total. The summed E-state index contributed by atoms with van der Waals surface area (Å²) >= 11 is 0. The quantitative estimate of drug-likeness (QED) is 0.576. The van der Waals surface area contributed by atoms with Crippen LogP contribution in [-0.2, 0) is 4.79 Å². The SMILES string of the molecule is CCN(C)/C(C=C(C)C)=C(/c1cc[nH]c1C)N(C=O)C1CCCCC1. The van der Waals surface area contributed by atoms with Crippen molar-refractivity contribution in [2.45, 2.75) is 65.8 Å². The van der Waals surface area contributed by atoms with Crippen molar-refractivity contribution >= 4 is 12.1 Å². The second-order valence-electron chi connectivity index (χ2n) is 7.29. The Labute approximate surface area is 152 Å². The van der Waals surface area contributed by atoms with Gasteiger partial charge in [0.25, 0.3) is 0 Å². The van der Waals surface area contributed by atoms with Gasteiger partial charge < -0.3 is 14.8 Å². The van der Waals surface area contributed by atoms with Gasteiger partial charge in [-0.05, 0) is 52.7 Å². The molecule has 1 aliphatic rings. The van der Waals surface area contributed by atoms with Gasteiger partial charge in [0.2, 0.25) is 6.41 Å². The molecular weight excluding hydrogens is 310 g/mol. The summed E-state index contributed by atoms with van der Waals surface area (Å²) in [6, 6.07) is 2.38. The molecule has 1 heterocycles. The number of carbonyl (C=O) groups excluding carboxylic acids is 1. The molecule has 4 heteroatoms. The number of likely N-dealkylation sites (N-methyl/N-ethyl adjacent to an activating group) is 1. The van der Waals surface area contributed by atoms with Gasteiger partial charge in [-0.1, -0.05) is 24.8 Å². The van der Waals surface area contributed by atoms with E-state index in [1.807, 2.05) is 11.1 Å². The molecular formula is C21H33N3O. The van der Waals surface area contributed by atoms with Crippen molar-refractivity contribution in [3.05, 3.63) is 40.9 Å². The largest absolute Gasteiger partial charge is 0.373 e. The third-order valence-corrected chi connectivity index (χ3v) is 5.10. The summed E-state index contributed by atoms with van der Waals surface area (Å²) in [7, 11) is 2.10. The zero-order valence-corrected chi connectivity index (χ0v) is 16.4. The number of aryl methyl sites for hydroxylation is 1. The van der Waals surface area contributed by atoms with Crippen LogP contribution < -0.4 is 0 Å². The fourth-order valence-corrected chi connectivity index (χ4v) is 3.60. The topological polar surface area (TPSA) is 39.3 Å². The Hall–Kier alpha value is -1.97. The fourth-order valence-electron chi connectivity index (χ4n) is 3.60. The minimum Gasteiger partial charge on any atom is -0.373 e. The number of aromatic amines is 1. The molecule has 1 aliphatic carbocycles. The zero-order valence-electron chi connectivity index (χ0n) is 16.4. The third-order valence-electron chi connectivity index (χ3n) is 5.10. The second-order valence-corrected chi connectivity index (χ2v) is 7.29. The van der Waals surface area contributed by atoms with Crippen LogP contribution in [0.1, 0.15) is 64.1 Å². The van der Waals surface area contributed by atoms with Crippen LogP contribution >= 0.6 is 0 Å². The van der Waals surface area contributed by atoms with Crippen LogP contribution in [0.3, 0.4) is 0 Å². The normalized spacial score (nSPS) is 16.2. The van der Waals surface area contributed by atoms with Gasteiger partial charge in [-0.15, -0.1) is 0 Å². The molecule has 25 heavy (non-hydrogen) atoms. The Morgan fingerprint density at radius 2 is 1.96 bits per heavy atom. The molecule has 0 unspecified atom stereocenters. The van der Waals surface area contributed by atoms with Crippen LogP contribution in [0.15, 0.2) is 29.6 Å². The molecule has 0 radical (unpaired) electrons. The molecule has 1 saturated carbocycles. The van der Waals surface area contributed by atoms with E-state index in [4.69, 9.17) is 0 Å². The molecule has 2 rings (SSSR count). The highest BCUT2D eigenvalue weighted by Crippen LogP contribution is 2.33. The summed E-state index contributed by atoms with van der Waals surface area (Å²) in [4.78, 5) is 19.7. The van der Waals surface area contributed by atoms with Gasteiger partial charge in [-0.3, -0.25) is 4.79 Å². The number of carbonyl (C=O) groups is 1. The van der Waals surface area contributed by atoms with Crippen molar-refractivity contribution in [3.8, 4) is 0 Å². The number of allylic oxidation sites excluding steroid dienone is 2. The number of nitrogens with zero attached hydrogens (tertiary/aromatic N) is 2. The van der Waals surface area contributed by atoms with Crippen LogP contribution in [0, 0.1) is 6.92 Å². The first-order valence-corrected chi connectivity index (χ1v) is 9.47. The van der Waals surface area contributed by atoms with Crippen LogP contribution in [0.2, 0.25) is 0 Å². The van der Waals surface area contributed by atoms with Crippen molar-refractivity contribution in [3.63, 3.8) is 0 Å². The van der Waals surface area contributed by atoms with E-state index in [2.05, 4.69) is 56.8 Å². The summed E-state index contributed by atoms with van der Waals surface area (Å²) in [5, 5.41) is 0. The molecule has 1 aromatic rings. The van der Waals surface area contributed by atoms with Crippen molar-refractivity contribution in [2.24, 2.45) is 0 Å². The standard InChI is InChI=1S/C21H33N3O/c1-6-23(5)20(14-16(2)3)21(19-12-13-22-17(19)4)24(15-25)18-10-8-7-9-11-18/h12-15,18,22H,6-11H2,1-5H3/b21-20-. The van der Waals surface area contributed by atoms with E-state index < -0.39 is 0 Å². The number of aromatic nitrogens is 1. The summed E-state index contributed by atoms with van der Waals surface area (Å²) < 4.78 is 0. The monoisotopic (exact) mass is 343 g/mol. The molecule has 0 aromatic carbocycles. The highest BCUT2D eigenvalue weighted by Gasteiger charge is 2.27. The minimum absolute atomic E-state index is 0.293. The molecule has 0 bridgehead atoms. The molecule has 1 aromatic heterocycles. The lowest BCUT2D eigenvalue weighted by Gasteiger charge is -2.36. The maximum Gasteiger partial charge on any atom is 0.214 e. The lowest BCUT2D eigenvalue weighted by Crippen LogP contribution is -2.36. The number of H-pyrrole nitrogens is 1. The van der Waals surface area contributed by atoms with Crippen LogP contribution in [-0.4, -0.2) is 40.8 Å². The van der Waals surface area contributed by atoms with Gasteiger partial charge in [0.1, 0.15) is 0 Å². The smallest absolute Gasteiger partial charge is 0.214 e. The second kappa shape index (κ2) is 8.93. The van der Waals surface area contributed by atoms with Crippen LogP contribution in [0.4, 0.5) is 0 Å². The van der Waals surface area contributed by atoms with Crippen molar-refractivity contribution < 1.29 is 4.79 Å². The zero-order chi connectivity index (χ0) is 18.4. The first-order chi connectivity index (χ1) is 12.0. The summed E-state index contributed by atoms with van der Waals surface area (Å²) in [5.74, 6) is 0. The Kier molecular flexibility index (Phi) is 6.91. The van der Waals surface area contributed by atoms with E-state index in [9.17, 15) is 4.79 Å². The van der Waals surface area contributed by atoms with Crippen molar-refractivity contribution in [2.75, 3.05) is 13.6 Å². The predicted molar refractivity (Wildman–Crippen MR) is 105 cm³/mol. The van der Waals surface area contributed by atoms with Gasteiger partial charge in [0.05, 0.1) is 11.4 Å². The molecule has 1 N–H and O–H groups in total. The number of hydrogen-bond donors (Lipinski definition) is 1. The van der Waals surface area contributed by atoms with Gasteiger partial charge >= 0.3 is 0 Å². The number of rotatable bonds is 7. The molecule has 1 amide bonds. The summed E-state index contributed by atoms with van der Waals surface area (Å²) in [6.45, 7) is 9.33. The number of nitrogens with one attached hydrogen (secondary N) is 1. The predicted octanol–water partition coefficient (Wildman–Crippen LogP) is 4.70. The Morgan fingerprint density at radius 3 is 2.44 bits per heavy atom. The third kappa shape index (κ3) is 4.56. The Morgan fingerprint density at radius 1 is 1.28 bits per heavy atom. The molecule has 1 fully saturated rings. The number of amides is 1. The summed E-state index contributed by atoms with van der Waals surface area (Å²) in [6.07, 6.45) is 11.1. The lowest BCUT2D eigenvalue weighted by molar-refractivity contribution is -0.117. The number of hydrogen-bond acceptors (Lipinski definition) is 2. The van der Waals surface area contributed by atoms with Gasteiger partial charge in [-0.2, -0.15) is 0 Å². The Balaban J connectivity index is 2.65. The van der Waals surface area contributed by atoms with Crippen LogP contribution in [0.25, 0.3) is 5.70 Å². The summed E-state index contributed by atoms with van der Waals surface area (Å²) in [5.41, 5.74) is 5.59. The molecule has 0 saturated heterocycles. The van der Waals surface area contributed by atoms with E-state index in [1.54, 1.807) is 0 Å². The van der Waals surface area contributed by atoms with Crippen molar-refractivity contribution in [1.29, 1.82) is 0 Å². The maximum absolute atomic E-state index is 12.2. The fraction of sp³-hybridized carbons (Fsp3) is 0.571. The first kappa shape index (κ1) is 19.4. The van der Waals surface area contributed by atoms with E-state index in [0.29, 0.717) is 6.04 Å². The van der Waals surface area contributed by atoms with E-state index in [1.165, 1.54) is 24.8 Å². The average Bonchev–Trinajstić information content (AvgIpc) is 3.03. The molecule has 0 spiro atoms. The molecule has 138 valence electrons. The van der Waals surface area contributed by atoms with Crippen molar-refractivity contribution in [1.82, 2.24) is 14.8 Å². The van der Waals surface area contributed by atoms with Gasteiger partial charge in [-0.25, -0.2) is 0 Å². The first-order valence-electron chi connectivity index (χ1n) is 9.47. The Bertz CT molecular complexity index is 631.